The highest BCUT2D eigenvalue weighted by atomic mass is 79.9. The van der Waals surface area contributed by atoms with Crippen LogP contribution in [0.15, 0.2) is 20.7 Å². The fourth-order valence-corrected chi connectivity index (χ4v) is 5.02. The number of carboxylic acid groups (broad SMARTS) is 1. The van der Waals surface area contributed by atoms with E-state index >= 15 is 0 Å². The van der Waals surface area contributed by atoms with Crippen LogP contribution < -0.4 is 11.1 Å². The minimum Gasteiger partial charge on any atom is -0.477 e. The fraction of sp³-hybridized carbons (Fsp3) is 0.308. The summed E-state index contributed by atoms with van der Waals surface area (Å²) in [5.41, 5.74) is 5.60. The summed E-state index contributed by atoms with van der Waals surface area (Å²) in [6.45, 7) is 0. The van der Waals surface area contributed by atoms with Gasteiger partial charge in [0.2, 0.25) is 0 Å². The lowest BCUT2D eigenvalue weighted by Crippen LogP contribution is -2.70. The van der Waals surface area contributed by atoms with Crippen molar-refractivity contribution in [2.24, 2.45) is 5.16 Å². The first-order valence-electron chi connectivity index (χ1n) is 7.07. The van der Waals surface area contributed by atoms with Crippen molar-refractivity contribution in [3.8, 4) is 0 Å². The van der Waals surface area contributed by atoms with Crippen LogP contribution in [0.3, 0.4) is 0 Å². The van der Waals surface area contributed by atoms with Crippen LogP contribution in [-0.4, -0.2) is 62.8 Å². The number of nitrogen functional groups attached to an aromatic ring is 1. The number of hydrogen-bond acceptors (Lipinski definition) is 9. The van der Waals surface area contributed by atoms with E-state index in [4.69, 9.17) is 15.7 Å². The van der Waals surface area contributed by atoms with Crippen LogP contribution in [0.25, 0.3) is 0 Å². The van der Waals surface area contributed by atoms with E-state index in [0.717, 1.165) is 16.2 Å². The van der Waals surface area contributed by atoms with Gasteiger partial charge in [0.25, 0.3) is 11.8 Å². The zero-order chi connectivity index (χ0) is 19.0. The molecule has 2 atom stereocenters. The minimum absolute atomic E-state index is 0.0787. The summed E-state index contributed by atoms with van der Waals surface area (Å²) >= 11 is 5.72. The Morgan fingerprint density at radius 2 is 2.31 bits per heavy atom. The van der Waals surface area contributed by atoms with Crippen LogP contribution in [0.1, 0.15) is 5.69 Å². The molecule has 2 amide bonds. The molecule has 1 saturated heterocycles. The number of rotatable bonds is 5. The molecule has 0 saturated carbocycles. The molecular formula is C13H12BrN5O5S2. The smallest absolute Gasteiger partial charge is 0.352 e. The van der Waals surface area contributed by atoms with E-state index < -0.39 is 29.2 Å². The zero-order valence-electron chi connectivity index (χ0n) is 13.1. The maximum atomic E-state index is 12.6. The third kappa shape index (κ3) is 3.17. The summed E-state index contributed by atoms with van der Waals surface area (Å²) in [6, 6.07) is -0.868. The van der Waals surface area contributed by atoms with E-state index in [1.165, 1.54) is 24.9 Å². The monoisotopic (exact) mass is 461 g/mol. The average Bonchev–Trinajstić information content (AvgIpc) is 2.94. The Bertz CT molecular complexity index is 854. The molecule has 26 heavy (non-hydrogen) atoms. The largest absolute Gasteiger partial charge is 0.477 e. The first-order chi connectivity index (χ1) is 12.3. The maximum absolute atomic E-state index is 12.6. The van der Waals surface area contributed by atoms with E-state index in [2.05, 4.69) is 31.4 Å². The molecule has 1 aromatic rings. The quantitative estimate of drug-likeness (QED) is 0.320. The van der Waals surface area contributed by atoms with Crippen LogP contribution in [0.4, 0.5) is 5.13 Å². The lowest BCUT2D eigenvalue weighted by Gasteiger charge is -2.48. The number of halogens is 1. The van der Waals surface area contributed by atoms with Crippen LogP contribution in [-0.2, 0) is 19.2 Å². The van der Waals surface area contributed by atoms with Gasteiger partial charge in [-0.3, -0.25) is 14.5 Å². The number of amides is 2. The lowest BCUT2D eigenvalue weighted by molar-refractivity contribution is -0.150. The molecule has 1 aromatic heterocycles. The van der Waals surface area contributed by atoms with Gasteiger partial charge in [0.1, 0.15) is 33.7 Å². The van der Waals surface area contributed by atoms with Crippen LogP contribution in [0.2, 0.25) is 0 Å². The first-order valence-corrected chi connectivity index (χ1v) is 9.73. The van der Waals surface area contributed by atoms with Crippen molar-refractivity contribution >= 4 is 67.7 Å². The maximum Gasteiger partial charge on any atom is 0.352 e. The number of carboxylic acids is 1. The molecule has 2 aliphatic heterocycles. The molecule has 2 aliphatic rings. The van der Waals surface area contributed by atoms with E-state index in [1.54, 1.807) is 0 Å². The average molecular weight is 462 g/mol. The summed E-state index contributed by atoms with van der Waals surface area (Å²) < 4.78 is 0.491. The second kappa shape index (κ2) is 7.25. The van der Waals surface area contributed by atoms with Crippen molar-refractivity contribution < 1.29 is 24.3 Å². The second-order valence-corrected chi connectivity index (χ2v) is 8.57. The number of aromatic nitrogens is 1. The van der Waals surface area contributed by atoms with Crippen LogP contribution in [0.5, 0.6) is 0 Å². The number of nitrogens with two attached hydrogens (primary N) is 1. The van der Waals surface area contributed by atoms with Crippen molar-refractivity contribution in [2.75, 3.05) is 18.6 Å². The molecule has 10 nitrogen and oxygen atoms in total. The molecule has 3 rings (SSSR count). The molecule has 0 aliphatic carbocycles. The van der Waals surface area contributed by atoms with Gasteiger partial charge in [0.15, 0.2) is 10.8 Å². The molecule has 0 aromatic carbocycles. The number of thiazole rings is 1. The molecule has 3 heterocycles. The fourth-order valence-electron chi connectivity index (χ4n) is 2.49. The number of nitrogens with one attached hydrogen (secondary N) is 1. The van der Waals surface area contributed by atoms with Crippen molar-refractivity contribution in [3.05, 3.63) is 21.3 Å². The highest BCUT2D eigenvalue weighted by molar-refractivity contribution is 9.11. The van der Waals surface area contributed by atoms with E-state index in [9.17, 15) is 14.4 Å². The van der Waals surface area contributed by atoms with Gasteiger partial charge in [-0.25, -0.2) is 9.78 Å². The highest BCUT2D eigenvalue weighted by Gasteiger charge is 2.53. The normalized spacial score (nSPS) is 22.2. The molecule has 0 bridgehead atoms. The Morgan fingerprint density at radius 3 is 2.88 bits per heavy atom. The summed E-state index contributed by atoms with van der Waals surface area (Å²) in [4.78, 5) is 46.0. The minimum atomic E-state index is -1.18. The second-order valence-electron chi connectivity index (χ2n) is 5.07. The molecule has 0 spiro atoms. The number of fused-ring (bicyclic) bond motifs is 1. The Morgan fingerprint density at radius 1 is 1.58 bits per heavy atom. The van der Waals surface area contributed by atoms with Gasteiger partial charge >= 0.3 is 5.97 Å². The number of hydrogen-bond donors (Lipinski definition) is 3. The third-order valence-corrected chi connectivity index (χ3v) is 6.29. The Labute approximate surface area is 163 Å². The predicted octanol–water partition coefficient (Wildman–Crippen LogP) is 0.207. The highest BCUT2D eigenvalue weighted by Crippen LogP contribution is 2.37. The number of oxime groups is 1. The molecule has 1 unspecified atom stereocenters. The molecule has 1 fully saturated rings. The number of carbonyl (C=O) groups excluding carboxylic acids is 2. The Kier molecular flexibility index (Phi) is 5.20. The number of aliphatic carboxylic acids is 1. The predicted molar refractivity (Wildman–Crippen MR) is 98.5 cm³/mol. The molecule has 138 valence electrons. The molecule has 4 N–H and O–H groups in total. The summed E-state index contributed by atoms with van der Waals surface area (Å²) in [6.07, 6.45) is 1.46. The standard InChI is InChI=1S/C13H12BrN5O5S2/c1-24-18-6(5-8(14)26-13(15)17-5)9(20)16-7-10(21)19-4(12(22)23)2-3-25-11(7)19/h2,7,11H,3H2,1H3,(H2,15,17)(H,16,20)(H,22,23)/t7?,11-/m1/s1. The number of β-lactam (4-membered cyclic amide) rings is 1. The van der Waals surface area contributed by atoms with Gasteiger partial charge in [-0.15, -0.1) is 11.8 Å². The van der Waals surface area contributed by atoms with Crippen molar-refractivity contribution in [1.82, 2.24) is 15.2 Å². The van der Waals surface area contributed by atoms with Gasteiger partial charge < -0.3 is 21.0 Å². The number of carbonyl (C=O) groups is 3. The van der Waals surface area contributed by atoms with Crippen molar-refractivity contribution in [1.29, 1.82) is 0 Å². The van der Waals surface area contributed by atoms with Crippen molar-refractivity contribution in [3.63, 3.8) is 0 Å². The summed E-state index contributed by atoms with van der Waals surface area (Å²) in [5, 5.41) is 15.2. The molecule has 13 heteroatoms. The molecule has 0 radical (unpaired) electrons. The Balaban J connectivity index is 1.79. The zero-order valence-corrected chi connectivity index (χ0v) is 16.4. The lowest BCUT2D eigenvalue weighted by atomic mass is 10.0. The van der Waals surface area contributed by atoms with E-state index in [1.807, 2.05) is 0 Å². The number of nitrogens with zero attached hydrogens (tertiary/aromatic N) is 3. The molecular weight excluding hydrogens is 450 g/mol. The topological polar surface area (TPSA) is 147 Å². The number of anilines is 1. The SMILES string of the molecule is CON=C(C(=O)NC1C(=O)N2C(C(=O)O)=CCS[C@H]12)c1nc(N)sc1Br. The summed E-state index contributed by atoms with van der Waals surface area (Å²) in [5.74, 6) is -1.94. The van der Waals surface area contributed by atoms with Crippen LogP contribution >= 0.6 is 39.0 Å². The van der Waals surface area contributed by atoms with Gasteiger partial charge in [-0.1, -0.05) is 16.5 Å². The summed E-state index contributed by atoms with van der Waals surface area (Å²) in [7, 11) is 1.27. The van der Waals surface area contributed by atoms with Gasteiger partial charge in [0.05, 0.1) is 0 Å². The van der Waals surface area contributed by atoms with Crippen molar-refractivity contribution in [2.45, 2.75) is 11.4 Å². The van der Waals surface area contributed by atoms with E-state index in [0.29, 0.717) is 9.54 Å². The number of thioether (sulfide) groups is 1. The van der Waals surface area contributed by atoms with Gasteiger partial charge in [0, 0.05) is 5.75 Å². The van der Waals surface area contributed by atoms with Crippen LogP contribution in [0, 0.1) is 0 Å². The Hall–Kier alpha value is -2.12. The van der Waals surface area contributed by atoms with E-state index in [-0.39, 0.29) is 22.2 Å². The first kappa shape index (κ1) is 18.7. The van der Waals surface area contributed by atoms with Gasteiger partial charge in [-0.2, -0.15) is 0 Å². The third-order valence-electron chi connectivity index (χ3n) is 3.58. The van der Waals surface area contributed by atoms with Gasteiger partial charge in [-0.05, 0) is 22.0 Å².